The Labute approximate surface area is 140 Å². The zero-order valence-electron chi connectivity index (χ0n) is 13.8. The molecule has 130 valence electrons. The molecule has 2 N–H and O–H groups in total. The van der Waals surface area contributed by atoms with Gasteiger partial charge >= 0.3 is 11.9 Å². The SMILES string of the molecule is COc1cc(/C=C\C(=O)OC2CCC(C)(C(=O)O)CC2)ccc1O. The van der Waals surface area contributed by atoms with E-state index in [4.69, 9.17) is 9.47 Å². The molecule has 0 atom stereocenters. The van der Waals surface area contributed by atoms with Crippen molar-refractivity contribution in [2.24, 2.45) is 5.41 Å². The highest BCUT2D eigenvalue weighted by Crippen LogP contribution is 2.37. The van der Waals surface area contributed by atoms with E-state index in [1.54, 1.807) is 25.1 Å². The number of benzene rings is 1. The number of carbonyl (C=O) groups excluding carboxylic acids is 1. The smallest absolute Gasteiger partial charge is 0.331 e. The van der Waals surface area contributed by atoms with E-state index in [0.29, 0.717) is 37.0 Å². The summed E-state index contributed by atoms with van der Waals surface area (Å²) in [5, 5.41) is 18.7. The lowest BCUT2D eigenvalue weighted by Crippen LogP contribution is -2.35. The second kappa shape index (κ2) is 7.38. The van der Waals surface area contributed by atoms with E-state index in [1.165, 1.54) is 19.3 Å². The molecule has 0 radical (unpaired) electrons. The van der Waals surface area contributed by atoms with Crippen LogP contribution < -0.4 is 4.74 Å². The van der Waals surface area contributed by atoms with Gasteiger partial charge in [0.25, 0.3) is 0 Å². The maximum atomic E-state index is 11.9. The Morgan fingerprint density at radius 3 is 2.54 bits per heavy atom. The predicted molar refractivity (Wildman–Crippen MR) is 87.8 cm³/mol. The second-order valence-corrected chi connectivity index (χ2v) is 6.27. The third-order valence-electron chi connectivity index (χ3n) is 4.45. The van der Waals surface area contributed by atoms with Crippen molar-refractivity contribution in [1.82, 2.24) is 0 Å². The monoisotopic (exact) mass is 334 g/mol. The largest absolute Gasteiger partial charge is 0.504 e. The molecule has 6 nitrogen and oxygen atoms in total. The van der Waals surface area contributed by atoms with E-state index >= 15 is 0 Å². The van der Waals surface area contributed by atoms with E-state index in [9.17, 15) is 19.8 Å². The summed E-state index contributed by atoms with van der Waals surface area (Å²) in [6.45, 7) is 1.73. The lowest BCUT2D eigenvalue weighted by Gasteiger charge is -2.33. The zero-order valence-corrected chi connectivity index (χ0v) is 13.8. The number of ether oxygens (including phenoxy) is 2. The zero-order chi connectivity index (χ0) is 17.7. The lowest BCUT2D eigenvalue weighted by atomic mass is 9.75. The molecule has 1 aliphatic carbocycles. The van der Waals surface area contributed by atoms with Crippen molar-refractivity contribution in [1.29, 1.82) is 0 Å². The molecule has 0 spiro atoms. The Kier molecular flexibility index (Phi) is 5.49. The van der Waals surface area contributed by atoms with Gasteiger partial charge in [0.15, 0.2) is 11.5 Å². The summed E-state index contributed by atoms with van der Waals surface area (Å²) in [5.74, 6) is -0.911. The highest BCUT2D eigenvalue weighted by Gasteiger charge is 2.38. The quantitative estimate of drug-likeness (QED) is 0.635. The number of methoxy groups -OCH3 is 1. The third-order valence-corrected chi connectivity index (χ3v) is 4.45. The summed E-state index contributed by atoms with van der Waals surface area (Å²) in [6, 6.07) is 4.75. The minimum Gasteiger partial charge on any atom is -0.504 e. The van der Waals surface area contributed by atoms with Gasteiger partial charge in [0.1, 0.15) is 6.10 Å². The number of aliphatic carboxylic acids is 1. The van der Waals surface area contributed by atoms with Gasteiger partial charge < -0.3 is 19.7 Å². The molecule has 0 amide bonds. The first-order chi connectivity index (χ1) is 11.3. The summed E-state index contributed by atoms with van der Waals surface area (Å²) in [6.07, 6.45) is 4.75. The van der Waals surface area contributed by atoms with Crippen LogP contribution >= 0.6 is 0 Å². The topological polar surface area (TPSA) is 93.1 Å². The van der Waals surface area contributed by atoms with Crippen molar-refractivity contribution in [2.75, 3.05) is 7.11 Å². The molecule has 6 heteroatoms. The molecule has 0 aromatic heterocycles. The number of carboxylic acids is 1. The Morgan fingerprint density at radius 1 is 1.29 bits per heavy atom. The number of carbonyl (C=O) groups is 2. The van der Waals surface area contributed by atoms with Gasteiger partial charge in [0.05, 0.1) is 12.5 Å². The first-order valence-corrected chi connectivity index (χ1v) is 7.83. The van der Waals surface area contributed by atoms with E-state index in [-0.39, 0.29) is 11.9 Å². The second-order valence-electron chi connectivity index (χ2n) is 6.27. The molecule has 0 heterocycles. The fraction of sp³-hybridized carbons (Fsp3) is 0.444. The maximum absolute atomic E-state index is 11.9. The number of hydrogen-bond donors (Lipinski definition) is 2. The lowest BCUT2D eigenvalue weighted by molar-refractivity contribution is -0.154. The van der Waals surface area contributed by atoms with Gasteiger partial charge in [-0.15, -0.1) is 0 Å². The number of esters is 1. The fourth-order valence-corrected chi connectivity index (χ4v) is 2.73. The van der Waals surface area contributed by atoms with Crippen LogP contribution in [0.15, 0.2) is 24.3 Å². The van der Waals surface area contributed by atoms with Gasteiger partial charge in [-0.2, -0.15) is 0 Å². The van der Waals surface area contributed by atoms with E-state index in [2.05, 4.69) is 0 Å². The summed E-state index contributed by atoms with van der Waals surface area (Å²) in [7, 11) is 1.45. The van der Waals surface area contributed by atoms with Crippen LogP contribution in [0.25, 0.3) is 6.08 Å². The molecule has 1 aliphatic rings. The maximum Gasteiger partial charge on any atom is 0.331 e. The van der Waals surface area contributed by atoms with Gasteiger partial charge in [0, 0.05) is 6.08 Å². The summed E-state index contributed by atoms with van der Waals surface area (Å²) < 4.78 is 10.4. The molecule has 1 aromatic carbocycles. The van der Waals surface area contributed by atoms with Crippen LogP contribution in [0.4, 0.5) is 0 Å². The summed E-state index contributed by atoms with van der Waals surface area (Å²) in [4.78, 5) is 23.1. The molecule has 0 unspecified atom stereocenters. The molecule has 0 saturated heterocycles. The molecule has 0 bridgehead atoms. The molecule has 24 heavy (non-hydrogen) atoms. The molecule has 2 rings (SSSR count). The number of phenols is 1. The average molecular weight is 334 g/mol. The first-order valence-electron chi connectivity index (χ1n) is 7.83. The van der Waals surface area contributed by atoms with Crippen molar-refractivity contribution < 1.29 is 29.3 Å². The van der Waals surface area contributed by atoms with Crippen LogP contribution in [0.5, 0.6) is 11.5 Å². The van der Waals surface area contributed by atoms with Crippen LogP contribution in [0.2, 0.25) is 0 Å². The number of rotatable bonds is 5. The minimum atomic E-state index is -0.798. The molecule has 1 saturated carbocycles. The Morgan fingerprint density at radius 2 is 1.96 bits per heavy atom. The highest BCUT2D eigenvalue weighted by molar-refractivity contribution is 5.87. The number of aromatic hydroxyl groups is 1. The van der Waals surface area contributed by atoms with Gasteiger partial charge in [-0.1, -0.05) is 6.07 Å². The minimum absolute atomic E-state index is 0.0286. The molecular formula is C18H22O6. The molecular weight excluding hydrogens is 312 g/mol. The Balaban J connectivity index is 1.89. The van der Waals surface area contributed by atoms with Crippen molar-refractivity contribution in [3.63, 3.8) is 0 Å². The molecule has 1 aromatic rings. The van der Waals surface area contributed by atoms with Crippen molar-refractivity contribution in [2.45, 2.75) is 38.7 Å². The summed E-state index contributed by atoms with van der Waals surface area (Å²) in [5.41, 5.74) is -0.0230. The van der Waals surface area contributed by atoms with E-state index < -0.39 is 17.4 Å². The first kappa shape index (κ1) is 17.8. The van der Waals surface area contributed by atoms with Gasteiger partial charge in [-0.05, 0) is 56.4 Å². The number of carboxylic acid groups (broad SMARTS) is 1. The normalized spacial score (nSPS) is 23.8. The van der Waals surface area contributed by atoms with Crippen LogP contribution in [0.1, 0.15) is 38.2 Å². The third kappa shape index (κ3) is 4.28. The summed E-state index contributed by atoms with van der Waals surface area (Å²) >= 11 is 0. The van der Waals surface area contributed by atoms with Crippen molar-refractivity contribution >= 4 is 18.0 Å². The molecule has 0 aliphatic heterocycles. The Hall–Kier alpha value is -2.50. The van der Waals surface area contributed by atoms with Crippen LogP contribution in [-0.2, 0) is 14.3 Å². The van der Waals surface area contributed by atoms with Gasteiger partial charge in [-0.25, -0.2) is 4.79 Å². The van der Waals surface area contributed by atoms with Gasteiger partial charge in [-0.3, -0.25) is 4.79 Å². The number of phenolic OH excluding ortho intramolecular Hbond substituents is 1. The van der Waals surface area contributed by atoms with Crippen LogP contribution in [0.3, 0.4) is 0 Å². The predicted octanol–water partition coefficient (Wildman–Crippen LogP) is 2.99. The van der Waals surface area contributed by atoms with Crippen molar-refractivity contribution in [3.05, 3.63) is 29.8 Å². The van der Waals surface area contributed by atoms with Crippen molar-refractivity contribution in [3.8, 4) is 11.5 Å². The highest BCUT2D eigenvalue weighted by atomic mass is 16.5. The van der Waals surface area contributed by atoms with Crippen LogP contribution in [0, 0.1) is 5.41 Å². The Bertz CT molecular complexity index is 641. The average Bonchev–Trinajstić information content (AvgIpc) is 2.56. The van der Waals surface area contributed by atoms with E-state index in [1.807, 2.05) is 0 Å². The van der Waals surface area contributed by atoms with Crippen LogP contribution in [-0.4, -0.2) is 35.4 Å². The van der Waals surface area contributed by atoms with Gasteiger partial charge in [0.2, 0.25) is 0 Å². The molecule has 1 fully saturated rings. The fourth-order valence-electron chi connectivity index (χ4n) is 2.73. The standard InChI is InChI=1S/C18H22O6/c1-18(17(21)22)9-7-13(8-10-18)24-16(20)6-4-12-3-5-14(19)15(11-12)23-2/h3-6,11,13,19H,7-10H2,1-2H3,(H,21,22)/b6-4-. The number of hydrogen-bond acceptors (Lipinski definition) is 5. The van der Waals surface area contributed by atoms with E-state index in [0.717, 1.165) is 0 Å².